The number of carboxylic acid groups (broad SMARTS) is 1. The molecule has 0 radical (unpaired) electrons. The fraction of sp³-hybridized carbons (Fsp3) is 0.727. The van der Waals surface area contributed by atoms with Gasteiger partial charge < -0.3 is 21.5 Å². The molecule has 7 nitrogen and oxygen atoms in total. The summed E-state index contributed by atoms with van der Waals surface area (Å²) in [7, 11) is 0. The number of rotatable bonds is 7. The highest BCUT2D eigenvalue weighted by atomic mass is 16.4. The summed E-state index contributed by atoms with van der Waals surface area (Å²) < 4.78 is 0. The highest BCUT2D eigenvalue weighted by Crippen LogP contribution is 2.07. The van der Waals surface area contributed by atoms with Crippen LogP contribution in [0.3, 0.4) is 0 Å². The van der Waals surface area contributed by atoms with Crippen LogP contribution in [0.5, 0.6) is 0 Å². The van der Waals surface area contributed by atoms with E-state index < -0.39 is 29.5 Å². The van der Waals surface area contributed by atoms with Crippen molar-refractivity contribution in [3.63, 3.8) is 0 Å². The molecule has 0 fully saturated rings. The summed E-state index contributed by atoms with van der Waals surface area (Å²) in [5, 5.41) is 13.7. The molecular weight excluding hydrogens is 238 g/mol. The van der Waals surface area contributed by atoms with Crippen LogP contribution >= 0.6 is 0 Å². The van der Waals surface area contributed by atoms with Crippen molar-refractivity contribution in [3.8, 4) is 0 Å². The molecule has 0 rings (SSSR count). The lowest BCUT2D eigenvalue weighted by Crippen LogP contribution is -2.53. The highest BCUT2D eigenvalue weighted by molar-refractivity contribution is 5.83. The number of amides is 3. The largest absolute Gasteiger partial charge is 0.480 e. The van der Waals surface area contributed by atoms with Gasteiger partial charge in [0.1, 0.15) is 6.04 Å². The Hall–Kier alpha value is -1.79. The molecule has 0 aliphatic rings. The van der Waals surface area contributed by atoms with Crippen LogP contribution in [0.15, 0.2) is 0 Å². The second-order valence-electron chi connectivity index (χ2n) is 4.80. The molecule has 0 aromatic heterocycles. The summed E-state index contributed by atoms with van der Waals surface area (Å²) in [6, 6.07) is -1.55. The number of urea groups is 1. The molecule has 0 bridgehead atoms. The first-order valence-corrected chi connectivity index (χ1v) is 5.77. The Morgan fingerprint density at radius 1 is 1.33 bits per heavy atom. The van der Waals surface area contributed by atoms with E-state index in [4.69, 9.17) is 10.8 Å². The van der Waals surface area contributed by atoms with Crippen molar-refractivity contribution in [1.82, 2.24) is 10.6 Å². The van der Waals surface area contributed by atoms with Crippen LogP contribution in [0.2, 0.25) is 0 Å². The summed E-state index contributed by atoms with van der Waals surface area (Å²) in [4.78, 5) is 33.2. The van der Waals surface area contributed by atoms with Crippen molar-refractivity contribution in [3.05, 3.63) is 0 Å². The lowest BCUT2D eigenvalue weighted by molar-refractivity contribution is -0.139. The minimum atomic E-state index is -1.08. The van der Waals surface area contributed by atoms with Gasteiger partial charge in [-0.3, -0.25) is 4.79 Å². The van der Waals surface area contributed by atoms with Crippen LogP contribution in [0.25, 0.3) is 0 Å². The molecule has 3 amide bonds. The van der Waals surface area contributed by atoms with Crippen molar-refractivity contribution < 1.29 is 19.5 Å². The third-order valence-electron chi connectivity index (χ3n) is 2.25. The maximum absolute atomic E-state index is 11.6. The van der Waals surface area contributed by atoms with Crippen molar-refractivity contribution in [2.75, 3.05) is 0 Å². The first-order chi connectivity index (χ1) is 8.18. The summed E-state index contributed by atoms with van der Waals surface area (Å²) in [5.41, 5.74) is 4.23. The third-order valence-corrected chi connectivity index (χ3v) is 2.25. The predicted molar refractivity (Wildman–Crippen MR) is 65.9 cm³/mol. The summed E-state index contributed by atoms with van der Waals surface area (Å²) in [6.07, 6.45) is 0.965. The molecular formula is C11H21N3O4. The molecule has 0 heterocycles. The minimum Gasteiger partial charge on any atom is -0.480 e. The zero-order valence-electron chi connectivity index (χ0n) is 10.9. The summed E-state index contributed by atoms with van der Waals surface area (Å²) >= 11 is 0. The zero-order chi connectivity index (χ0) is 14.3. The normalized spacial score (nSPS) is 12.6. The van der Waals surface area contributed by atoms with E-state index in [-0.39, 0.29) is 6.42 Å². The van der Waals surface area contributed by atoms with Gasteiger partial charge in [-0.1, -0.05) is 13.3 Å². The fourth-order valence-corrected chi connectivity index (χ4v) is 1.53. The van der Waals surface area contributed by atoms with Gasteiger partial charge >= 0.3 is 12.0 Å². The van der Waals surface area contributed by atoms with E-state index >= 15 is 0 Å². The number of primary amides is 1. The van der Waals surface area contributed by atoms with Gasteiger partial charge in [0.15, 0.2) is 0 Å². The monoisotopic (exact) mass is 259 g/mol. The standard InChI is InChI=1S/C11H21N3O4/c1-4-5-7(9(16)17)13-10(18)14-11(2,3)6-8(12)15/h7H,4-6H2,1-3H3,(H2,12,15)(H,16,17)(H2,13,14,18)/t7-/m1/s1. The fourth-order valence-electron chi connectivity index (χ4n) is 1.53. The molecule has 0 saturated carbocycles. The lowest BCUT2D eigenvalue weighted by atomic mass is 10.0. The number of carboxylic acids is 1. The highest BCUT2D eigenvalue weighted by Gasteiger charge is 2.25. The molecule has 0 aromatic carbocycles. The molecule has 1 atom stereocenters. The van der Waals surface area contributed by atoms with Gasteiger partial charge in [-0.25, -0.2) is 9.59 Å². The van der Waals surface area contributed by atoms with Crippen molar-refractivity contribution in [2.45, 2.75) is 51.6 Å². The molecule has 0 aromatic rings. The second-order valence-corrected chi connectivity index (χ2v) is 4.80. The Morgan fingerprint density at radius 2 is 1.89 bits per heavy atom. The maximum atomic E-state index is 11.6. The van der Waals surface area contributed by atoms with Crippen LogP contribution in [0, 0.1) is 0 Å². The number of nitrogens with two attached hydrogens (primary N) is 1. The Labute approximate surface area is 106 Å². The van der Waals surface area contributed by atoms with E-state index in [1.54, 1.807) is 13.8 Å². The Bertz CT molecular complexity index is 328. The van der Waals surface area contributed by atoms with Crippen LogP contribution < -0.4 is 16.4 Å². The van der Waals surface area contributed by atoms with Gasteiger partial charge in [-0.15, -0.1) is 0 Å². The van der Waals surface area contributed by atoms with Gasteiger partial charge in [0.05, 0.1) is 0 Å². The molecule has 5 N–H and O–H groups in total. The van der Waals surface area contributed by atoms with Crippen LogP contribution in [-0.2, 0) is 9.59 Å². The van der Waals surface area contributed by atoms with Crippen LogP contribution in [0.4, 0.5) is 4.79 Å². The first kappa shape index (κ1) is 16.2. The Kier molecular flexibility index (Phi) is 6.15. The van der Waals surface area contributed by atoms with E-state index in [1.165, 1.54) is 0 Å². The van der Waals surface area contributed by atoms with Gasteiger partial charge in [0.2, 0.25) is 5.91 Å². The molecule has 0 aliphatic heterocycles. The smallest absolute Gasteiger partial charge is 0.326 e. The van der Waals surface area contributed by atoms with Crippen LogP contribution in [-0.4, -0.2) is 34.6 Å². The number of carbonyl (C=O) groups is 3. The quantitative estimate of drug-likeness (QED) is 0.521. The SMILES string of the molecule is CCC[C@@H](NC(=O)NC(C)(C)CC(N)=O)C(=O)O. The van der Waals surface area contributed by atoms with E-state index in [2.05, 4.69) is 10.6 Å². The zero-order valence-corrected chi connectivity index (χ0v) is 10.9. The molecule has 7 heteroatoms. The predicted octanol–water partition coefficient (Wildman–Crippen LogP) is 0.193. The molecule has 0 spiro atoms. The molecule has 104 valence electrons. The summed E-state index contributed by atoms with van der Waals surface area (Å²) in [6.45, 7) is 5.09. The number of hydrogen-bond acceptors (Lipinski definition) is 3. The Morgan fingerprint density at radius 3 is 2.28 bits per heavy atom. The topological polar surface area (TPSA) is 122 Å². The van der Waals surface area contributed by atoms with E-state index in [1.807, 2.05) is 6.92 Å². The number of nitrogens with one attached hydrogen (secondary N) is 2. The van der Waals surface area contributed by atoms with Gasteiger partial charge in [-0.05, 0) is 20.3 Å². The number of hydrogen-bond donors (Lipinski definition) is 4. The third kappa shape index (κ3) is 6.72. The van der Waals surface area contributed by atoms with Crippen molar-refractivity contribution in [2.24, 2.45) is 5.73 Å². The van der Waals surface area contributed by atoms with Gasteiger partial charge in [0, 0.05) is 12.0 Å². The van der Waals surface area contributed by atoms with E-state index in [0.29, 0.717) is 12.8 Å². The van der Waals surface area contributed by atoms with E-state index in [9.17, 15) is 14.4 Å². The average Bonchev–Trinajstić information content (AvgIpc) is 2.13. The maximum Gasteiger partial charge on any atom is 0.326 e. The molecule has 0 aliphatic carbocycles. The molecule has 0 unspecified atom stereocenters. The molecule has 18 heavy (non-hydrogen) atoms. The number of carbonyl (C=O) groups excluding carboxylic acids is 2. The van der Waals surface area contributed by atoms with Gasteiger partial charge in [0.25, 0.3) is 0 Å². The second kappa shape index (κ2) is 6.83. The molecule has 0 saturated heterocycles. The van der Waals surface area contributed by atoms with Crippen LogP contribution in [0.1, 0.15) is 40.0 Å². The lowest BCUT2D eigenvalue weighted by Gasteiger charge is -2.26. The van der Waals surface area contributed by atoms with Crippen molar-refractivity contribution >= 4 is 17.9 Å². The number of aliphatic carboxylic acids is 1. The van der Waals surface area contributed by atoms with Crippen molar-refractivity contribution in [1.29, 1.82) is 0 Å². The summed E-state index contributed by atoms with van der Waals surface area (Å²) in [5.74, 6) is -1.62. The van der Waals surface area contributed by atoms with Gasteiger partial charge in [-0.2, -0.15) is 0 Å². The minimum absolute atomic E-state index is 0.0219. The van der Waals surface area contributed by atoms with E-state index in [0.717, 1.165) is 0 Å². The first-order valence-electron chi connectivity index (χ1n) is 5.77. The Balaban J connectivity index is 4.39. The average molecular weight is 259 g/mol.